The molecule has 18 heavy (non-hydrogen) atoms. The molecule has 1 aliphatic heterocycles. The van der Waals surface area contributed by atoms with E-state index in [9.17, 15) is 0 Å². The van der Waals surface area contributed by atoms with E-state index in [2.05, 4.69) is 26.2 Å². The first-order chi connectivity index (χ1) is 8.50. The van der Waals surface area contributed by atoms with Gasteiger partial charge in [0.1, 0.15) is 0 Å². The molecule has 0 aliphatic carbocycles. The van der Waals surface area contributed by atoms with Gasteiger partial charge in [0, 0.05) is 0 Å². The molecule has 0 bridgehead atoms. The molecule has 0 radical (unpaired) electrons. The molecule has 0 unspecified atom stereocenters. The molecule has 1 heterocycles. The fraction of sp³-hybridized carbons (Fsp3) is 0.571. The Morgan fingerprint density at radius 2 is 1.44 bits per heavy atom. The maximum absolute atomic E-state index is 5.38. The minimum atomic E-state index is 0.578. The number of likely N-dealkylation sites (N-methyl/N-ethyl adjacent to an activating group) is 1. The third-order valence-corrected chi connectivity index (χ3v) is 3.59. The average Bonchev–Trinajstić information content (AvgIpc) is 2.33. The molecular formula is C14H22NO3+. The van der Waals surface area contributed by atoms with E-state index in [1.165, 1.54) is 5.56 Å². The van der Waals surface area contributed by atoms with Crippen molar-refractivity contribution < 1.29 is 18.7 Å². The maximum Gasteiger partial charge on any atom is 0.203 e. The van der Waals surface area contributed by atoms with Gasteiger partial charge in [-0.05, 0) is 17.7 Å². The maximum atomic E-state index is 5.38. The van der Waals surface area contributed by atoms with Crippen molar-refractivity contribution >= 4 is 0 Å². The number of hydrogen-bond donors (Lipinski definition) is 0. The number of nitrogens with zero attached hydrogens (tertiary/aromatic N) is 1. The van der Waals surface area contributed by atoms with E-state index >= 15 is 0 Å². The van der Waals surface area contributed by atoms with Crippen LogP contribution in [-0.4, -0.2) is 53.0 Å². The topological polar surface area (TPSA) is 27.7 Å². The van der Waals surface area contributed by atoms with Crippen molar-refractivity contribution in [1.82, 2.24) is 0 Å². The lowest BCUT2D eigenvalue weighted by Gasteiger charge is -2.44. The monoisotopic (exact) mass is 252 g/mol. The molecule has 1 saturated heterocycles. The van der Waals surface area contributed by atoms with Gasteiger partial charge in [-0.2, -0.15) is 0 Å². The summed E-state index contributed by atoms with van der Waals surface area (Å²) in [6.45, 7) is 2.30. The second kappa shape index (κ2) is 4.69. The lowest BCUT2D eigenvalue weighted by Crippen LogP contribution is -2.56. The predicted molar refractivity (Wildman–Crippen MR) is 70.7 cm³/mol. The van der Waals surface area contributed by atoms with E-state index in [4.69, 9.17) is 14.2 Å². The van der Waals surface area contributed by atoms with Gasteiger partial charge in [-0.3, -0.25) is 0 Å². The van der Waals surface area contributed by atoms with Crippen LogP contribution in [0.15, 0.2) is 12.1 Å². The van der Waals surface area contributed by atoms with Crippen molar-refractivity contribution in [3.05, 3.63) is 17.7 Å². The summed E-state index contributed by atoms with van der Waals surface area (Å²) in [5.74, 6) is 2.72. The van der Waals surface area contributed by atoms with Gasteiger partial charge in [-0.1, -0.05) is 0 Å². The summed E-state index contributed by atoms with van der Waals surface area (Å²) in [7, 11) is 9.43. The predicted octanol–water partition coefficient (Wildman–Crippen LogP) is 1.89. The zero-order chi connectivity index (χ0) is 13.3. The van der Waals surface area contributed by atoms with Crippen LogP contribution in [0.3, 0.4) is 0 Å². The fourth-order valence-electron chi connectivity index (χ4n) is 2.69. The summed E-state index contributed by atoms with van der Waals surface area (Å²) in [6.07, 6.45) is 0. The van der Waals surface area contributed by atoms with E-state index in [1.54, 1.807) is 21.3 Å². The smallest absolute Gasteiger partial charge is 0.203 e. The van der Waals surface area contributed by atoms with Gasteiger partial charge >= 0.3 is 0 Å². The van der Waals surface area contributed by atoms with Gasteiger partial charge in [0.15, 0.2) is 11.5 Å². The fourth-order valence-corrected chi connectivity index (χ4v) is 2.69. The lowest BCUT2D eigenvalue weighted by molar-refractivity contribution is -0.932. The van der Waals surface area contributed by atoms with Crippen LogP contribution in [0.4, 0.5) is 0 Å². The van der Waals surface area contributed by atoms with Crippen molar-refractivity contribution in [3.8, 4) is 17.2 Å². The summed E-state index contributed by atoms with van der Waals surface area (Å²) >= 11 is 0. The highest BCUT2D eigenvalue weighted by atomic mass is 16.5. The molecule has 0 aromatic heterocycles. The molecule has 0 saturated carbocycles. The molecule has 0 spiro atoms. The van der Waals surface area contributed by atoms with Crippen LogP contribution in [-0.2, 0) is 0 Å². The molecule has 100 valence electrons. The van der Waals surface area contributed by atoms with Crippen molar-refractivity contribution in [3.63, 3.8) is 0 Å². The molecule has 1 aliphatic rings. The van der Waals surface area contributed by atoms with Crippen LogP contribution < -0.4 is 14.2 Å². The van der Waals surface area contributed by atoms with Gasteiger partial charge in [-0.15, -0.1) is 0 Å². The van der Waals surface area contributed by atoms with Crippen molar-refractivity contribution in [2.75, 3.05) is 48.5 Å². The molecule has 1 fully saturated rings. The average molecular weight is 252 g/mol. The zero-order valence-electron chi connectivity index (χ0n) is 11.8. The Morgan fingerprint density at radius 1 is 0.944 bits per heavy atom. The first kappa shape index (κ1) is 13.0. The van der Waals surface area contributed by atoms with Crippen LogP contribution in [0.2, 0.25) is 0 Å². The Bertz CT molecular complexity index is 410. The third kappa shape index (κ3) is 2.25. The molecule has 1 aromatic rings. The number of rotatable bonds is 4. The summed E-state index contributed by atoms with van der Waals surface area (Å²) < 4.78 is 17.2. The number of hydrogen-bond acceptors (Lipinski definition) is 3. The van der Waals surface area contributed by atoms with Gasteiger partial charge in [0.2, 0.25) is 5.75 Å². The molecular weight excluding hydrogens is 230 g/mol. The van der Waals surface area contributed by atoms with Crippen molar-refractivity contribution in [2.45, 2.75) is 5.92 Å². The summed E-state index contributed by atoms with van der Waals surface area (Å²) in [5.41, 5.74) is 1.27. The molecule has 4 heteroatoms. The van der Waals surface area contributed by atoms with Gasteiger partial charge < -0.3 is 18.7 Å². The van der Waals surface area contributed by atoms with Crippen LogP contribution in [0.1, 0.15) is 11.5 Å². The Morgan fingerprint density at radius 3 is 1.78 bits per heavy atom. The number of ether oxygens (including phenoxy) is 3. The van der Waals surface area contributed by atoms with Gasteiger partial charge in [0.05, 0.1) is 54.4 Å². The van der Waals surface area contributed by atoms with E-state index in [1.807, 2.05) is 0 Å². The highest BCUT2D eigenvalue weighted by Crippen LogP contribution is 2.42. The van der Waals surface area contributed by atoms with E-state index < -0.39 is 0 Å². The number of likely N-dealkylation sites (tertiary alicyclic amines) is 1. The second-order valence-corrected chi connectivity index (χ2v) is 5.46. The molecule has 4 nitrogen and oxygen atoms in total. The Kier molecular flexibility index (Phi) is 3.39. The molecule has 0 atom stereocenters. The van der Waals surface area contributed by atoms with Crippen LogP contribution in [0.5, 0.6) is 17.2 Å². The Balaban J connectivity index is 2.33. The minimum Gasteiger partial charge on any atom is -0.493 e. The number of benzene rings is 1. The summed E-state index contributed by atoms with van der Waals surface area (Å²) in [6, 6.07) is 4.12. The first-order valence-electron chi connectivity index (χ1n) is 6.12. The normalized spacial score (nSPS) is 18.1. The SMILES string of the molecule is COc1cc(C2C[N+](C)(C)C2)cc(OC)c1OC. The minimum absolute atomic E-state index is 0.578. The quantitative estimate of drug-likeness (QED) is 0.766. The van der Waals surface area contributed by atoms with Crippen LogP contribution in [0, 0.1) is 0 Å². The Labute approximate surface area is 109 Å². The van der Waals surface area contributed by atoms with E-state index in [-0.39, 0.29) is 0 Å². The van der Waals surface area contributed by atoms with Crippen LogP contribution in [0.25, 0.3) is 0 Å². The molecule has 0 amide bonds. The third-order valence-electron chi connectivity index (χ3n) is 3.59. The zero-order valence-corrected chi connectivity index (χ0v) is 11.8. The highest BCUT2D eigenvalue weighted by molar-refractivity contribution is 5.54. The number of quaternary nitrogens is 1. The van der Waals surface area contributed by atoms with Gasteiger partial charge in [-0.25, -0.2) is 0 Å². The second-order valence-electron chi connectivity index (χ2n) is 5.46. The van der Waals surface area contributed by atoms with E-state index in [0.29, 0.717) is 11.7 Å². The summed E-state index contributed by atoms with van der Waals surface area (Å²) in [4.78, 5) is 0. The number of methoxy groups -OCH3 is 3. The lowest BCUT2D eigenvalue weighted by atomic mass is 9.89. The molecule has 2 rings (SSSR count). The summed E-state index contributed by atoms with van der Waals surface area (Å²) in [5, 5.41) is 0. The van der Waals surface area contributed by atoms with Crippen molar-refractivity contribution in [1.29, 1.82) is 0 Å². The molecule has 0 N–H and O–H groups in total. The largest absolute Gasteiger partial charge is 0.493 e. The van der Waals surface area contributed by atoms with E-state index in [0.717, 1.165) is 29.1 Å². The first-order valence-corrected chi connectivity index (χ1v) is 6.12. The Hall–Kier alpha value is -1.42. The standard InChI is InChI=1S/C14H22NO3/c1-15(2)8-11(9-15)10-6-12(16-3)14(18-5)13(7-10)17-4/h6-7,11H,8-9H2,1-5H3/q+1. The highest BCUT2D eigenvalue weighted by Gasteiger charge is 2.38. The van der Waals surface area contributed by atoms with Crippen molar-refractivity contribution in [2.24, 2.45) is 0 Å². The van der Waals surface area contributed by atoms with Gasteiger partial charge in [0.25, 0.3) is 0 Å². The van der Waals surface area contributed by atoms with Crippen LogP contribution >= 0.6 is 0 Å². The molecule has 1 aromatic carbocycles.